The third-order valence-electron chi connectivity index (χ3n) is 10.4. The number of carbonyl (C=O) groups excluding carboxylic acids is 1. The zero-order chi connectivity index (χ0) is 28.9. The lowest BCUT2D eigenvalue weighted by molar-refractivity contribution is -0.229. The van der Waals surface area contributed by atoms with Crippen LogP contribution in [0.3, 0.4) is 0 Å². The first-order valence-corrected chi connectivity index (χ1v) is 15.8. The predicted molar refractivity (Wildman–Crippen MR) is 144 cm³/mol. The van der Waals surface area contributed by atoms with Crippen molar-refractivity contribution < 1.29 is 31.1 Å². The molecule has 4 fully saturated rings. The van der Waals surface area contributed by atoms with Crippen molar-refractivity contribution in [2.24, 2.45) is 23.7 Å². The van der Waals surface area contributed by atoms with Gasteiger partial charge in [-0.3, -0.25) is 14.6 Å². The summed E-state index contributed by atoms with van der Waals surface area (Å²) < 4.78 is 80.7. The molecular weight excluding hydrogens is 532 g/mol. The molecule has 0 N–H and O–H groups in total. The number of amides is 1. The van der Waals surface area contributed by atoms with Crippen LogP contribution in [0.15, 0.2) is 0 Å². The Morgan fingerprint density at radius 1 is 0.750 bits per heavy atom. The number of rotatable bonds is 7. The Kier molecular flexibility index (Phi) is 11.1. The molecule has 1 amide bonds. The highest BCUT2D eigenvalue weighted by Gasteiger charge is 2.51. The first kappa shape index (κ1) is 31.9. The van der Waals surface area contributed by atoms with Crippen LogP contribution in [0.1, 0.15) is 96.3 Å². The van der Waals surface area contributed by atoms with Crippen molar-refractivity contribution in [2.75, 3.05) is 39.8 Å². The summed E-state index contributed by atoms with van der Waals surface area (Å²) in [5.41, 5.74) is 0. The van der Waals surface area contributed by atoms with Crippen LogP contribution in [0, 0.1) is 23.7 Å². The van der Waals surface area contributed by atoms with Crippen LogP contribution in [0.25, 0.3) is 0 Å². The second-order valence-corrected chi connectivity index (χ2v) is 13.2. The lowest BCUT2D eigenvalue weighted by Crippen LogP contribution is -2.59. The van der Waals surface area contributed by atoms with E-state index in [0.717, 1.165) is 51.9 Å². The maximum atomic E-state index is 13.9. The SMILES string of the molecule is CN(CCC1CC(C(F)(F)F)CC(C(F)(F)F)C1)C(=O)C(C1CCCCC1)N1CCN(C2CCCCCC2)CC1. The molecule has 40 heavy (non-hydrogen) atoms. The summed E-state index contributed by atoms with van der Waals surface area (Å²) in [6.45, 7) is 3.76. The van der Waals surface area contributed by atoms with E-state index in [1.54, 1.807) is 11.9 Å². The van der Waals surface area contributed by atoms with E-state index >= 15 is 0 Å². The van der Waals surface area contributed by atoms with Gasteiger partial charge in [0.25, 0.3) is 0 Å². The van der Waals surface area contributed by atoms with E-state index < -0.39 is 36.5 Å². The summed E-state index contributed by atoms with van der Waals surface area (Å²) in [5, 5.41) is 0. The van der Waals surface area contributed by atoms with E-state index in [2.05, 4.69) is 9.80 Å². The Morgan fingerprint density at radius 2 is 1.25 bits per heavy atom. The Morgan fingerprint density at radius 3 is 1.77 bits per heavy atom. The fraction of sp³-hybridized carbons (Fsp3) is 0.967. The Bertz CT molecular complexity index is 761. The van der Waals surface area contributed by atoms with Gasteiger partial charge in [-0.1, -0.05) is 44.9 Å². The van der Waals surface area contributed by atoms with E-state index in [4.69, 9.17) is 0 Å². The Labute approximate surface area is 236 Å². The lowest BCUT2D eigenvalue weighted by atomic mass is 9.73. The molecule has 1 saturated heterocycles. The van der Waals surface area contributed by atoms with Gasteiger partial charge in [-0.05, 0) is 63.2 Å². The molecular formula is C30H49F6N3O. The van der Waals surface area contributed by atoms with E-state index in [0.29, 0.717) is 6.04 Å². The third kappa shape index (κ3) is 8.51. The molecule has 3 aliphatic carbocycles. The second kappa shape index (κ2) is 14.0. The molecule has 0 radical (unpaired) electrons. The van der Waals surface area contributed by atoms with Crippen molar-refractivity contribution in [2.45, 2.75) is 121 Å². The number of carbonyl (C=O) groups is 1. The van der Waals surface area contributed by atoms with Crippen molar-refractivity contribution in [3.05, 3.63) is 0 Å². The average Bonchev–Trinajstić information content (AvgIpc) is 3.21. The van der Waals surface area contributed by atoms with Gasteiger partial charge in [-0.25, -0.2) is 0 Å². The van der Waals surface area contributed by atoms with Gasteiger partial charge in [0.15, 0.2) is 0 Å². The molecule has 4 rings (SSSR count). The van der Waals surface area contributed by atoms with Gasteiger partial charge in [-0.2, -0.15) is 26.3 Å². The molecule has 0 bridgehead atoms. The smallest absolute Gasteiger partial charge is 0.344 e. The number of nitrogens with zero attached hydrogens (tertiary/aromatic N) is 3. The molecule has 0 aromatic heterocycles. The maximum Gasteiger partial charge on any atom is 0.391 e. The molecule has 0 aromatic rings. The fourth-order valence-corrected chi connectivity index (χ4v) is 8.03. The minimum atomic E-state index is -4.63. The molecule has 3 unspecified atom stereocenters. The second-order valence-electron chi connectivity index (χ2n) is 13.2. The average molecular weight is 582 g/mol. The normalized spacial score (nSPS) is 30.1. The summed E-state index contributed by atoms with van der Waals surface area (Å²) in [6.07, 6.45) is 2.52. The highest BCUT2D eigenvalue weighted by Crippen LogP contribution is 2.48. The Hall–Kier alpha value is -1.03. The van der Waals surface area contributed by atoms with Crippen LogP contribution >= 0.6 is 0 Å². The topological polar surface area (TPSA) is 26.8 Å². The predicted octanol–water partition coefficient (Wildman–Crippen LogP) is 7.28. The molecule has 4 aliphatic rings. The number of hydrogen-bond acceptors (Lipinski definition) is 3. The van der Waals surface area contributed by atoms with Gasteiger partial charge in [0, 0.05) is 45.8 Å². The lowest BCUT2D eigenvalue weighted by Gasteiger charge is -2.45. The molecule has 0 aromatic carbocycles. The monoisotopic (exact) mass is 581 g/mol. The van der Waals surface area contributed by atoms with Crippen molar-refractivity contribution in [3.8, 4) is 0 Å². The van der Waals surface area contributed by atoms with Crippen LogP contribution in [0.4, 0.5) is 26.3 Å². The first-order chi connectivity index (χ1) is 18.9. The van der Waals surface area contributed by atoms with Crippen LogP contribution in [0.5, 0.6) is 0 Å². The molecule has 0 spiro atoms. The van der Waals surface area contributed by atoms with Gasteiger partial charge >= 0.3 is 12.4 Å². The van der Waals surface area contributed by atoms with Crippen LogP contribution in [-0.4, -0.2) is 84.8 Å². The highest BCUT2D eigenvalue weighted by atomic mass is 19.4. The molecule has 3 saturated carbocycles. The van der Waals surface area contributed by atoms with E-state index in [-0.39, 0.29) is 43.7 Å². The minimum absolute atomic E-state index is 0.00892. The highest BCUT2D eigenvalue weighted by molar-refractivity contribution is 5.82. The summed E-state index contributed by atoms with van der Waals surface area (Å²) >= 11 is 0. The standard InChI is InChI=1S/C30H49F6N3O/c1-37(14-13-22-19-24(29(31,32)33)21-25(20-22)30(34,35)36)28(40)27(23-9-5-4-6-10-23)39-17-15-38(16-18-39)26-11-7-2-3-8-12-26/h22-27H,2-21H2,1H3. The van der Waals surface area contributed by atoms with Gasteiger partial charge in [0.2, 0.25) is 5.91 Å². The van der Waals surface area contributed by atoms with Crippen molar-refractivity contribution in [1.29, 1.82) is 0 Å². The Balaban J connectivity index is 1.37. The number of hydrogen-bond donors (Lipinski definition) is 0. The third-order valence-corrected chi connectivity index (χ3v) is 10.4. The number of alkyl halides is 6. The molecule has 1 aliphatic heterocycles. The first-order valence-electron chi connectivity index (χ1n) is 15.8. The number of likely N-dealkylation sites (N-methyl/N-ethyl adjacent to an activating group) is 1. The van der Waals surface area contributed by atoms with Gasteiger partial charge in [-0.15, -0.1) is 0 Å². The molecule has 10 heteroatoms. The molecule has 3 atom stereocenters. The fourth-order valence-electron chi connectivity index (χ4n) is 8.03. The summed E-state index contributed by atoms with van der Waals surface area (Å²) in [7, 11) is 1.69. The van der Waals surface area contributed by atoms with Crippen molar-refractivity contribution >= 4 is 5.91 Å². The summed E-state index contributed by atoms with van der Waals surface area (Å²) in [6, 6.07) is 0.381. The van der Waals surface area contributed by atoms with Gasteiger partial charge in [0.05, 0.1) is 17.9 Å². The number of halogens is 6. The zero-order valence-corrected chi connectivity index (χ0v) is 24.1. The van der Waals surface area contributed by atoms with Crippen LogP contribution in [-0.2, 0) is 4.79 Å². The van der Waals surface area contributed by atoms with E-state index in [9.17, 15) is 31.1 Å². The number of piperazine rings is 1. The van der Waals surface area contributed by atoms with Crippen molar-refractivity contribution in [1.82, 2.24) is 14.7 Å². The largest absolute Gasteiger partial charge is 0.391 e. The summed E-state index contributed by atoms with van der Waals surface area (Å²) in [5.74, 6) is -4.31. The molecule has 1 heterocycles. The summed E-state index contributed by atoms with van der Waals surface area (Å²) in [4.78, 5) is 20.4. The van der Waals surface area contributed by atoms with Crippen molar-refractivity contribution in [3.63, 3.8) is 0 Å². The molecule has 232 valence electrons. The van der Waals surface area contributed by atoms with E-state index in [1.807, 2.05) is 0 Å². The van der Waals surface area contributed by atoms with Gasteiger partial charge in [0.1, 0.15) is 0 Å². The minimum Gasteiger partial charge on any atom is -0.344 e. The van der Waals surface area contributed by atoms with Gasteiger partial charge < -0.3 is 4.90 Å². The van der Waals surface area contributed by atoms with Crippen LogP contribution in [0.2, 0.25) is 0 Å². The van der Waals surface area contributed by atoms with Crippen LogP contribution < -0.4 is 0 Å². The maximum absolute atomic E-state index is 13.9. The quantitative estimate of drug-likeness (QED) is 0.234. The molecule has 4 nitrogen and oxygen atoms in total. The van der Waals surface area contributed by atoms with E-state index in [1.165, 1.54) is 44.9 Å². The zero-order valence-electron chi connectivity index (χ0n) is 24.1.